The molecule has 90 valence electrons. The van der Waals surface area contributed by atoms with Crippen molar-refractivity contribution in [3.63, 3.8) is 0 Å². The number of aryl methyl sites for hydroxylation is 1. The maximum atomic E-state index is 11.3. The molecular formula is C12H13NO2S2. The van der Waals surface area contributed by atoms with Crippen molar-refractivity contribution >= 4 is 27.0 Å². The van der Waals surface area contributed by atoms with Gasteiger partial charge < -0.3 is 0 Å². The van der Waals surface area contributed by atoms with Crippen molar-refractivity contribution < 1.29 is 8.42 Å². The van der Waals surface area contributed by atoms with Gasteiger partial charge in [-0.05, 0) is 30.5 Å². The van der Waals surface area contributed by atoms with Crippen LogP contribution in [-0.2, 0) is 10.0 Å². The van der Waals surface area contributed by atoms with Gasteiger partial charge in [-0.3, -0.25) is 4.72 Å². The molecule has 5 heteroatoms. The van der Waals surface area contributed by atoms with Gasteiger partial charge in [-0.25, -0.2) is 8.42 Å². The summed E-state index contributed by atoms with van der Waals surface area (Å²) in [5.74, 6) is 0. The lowest BCUT2D eigenvalue weighted by Crippen LogP contribution is -2.10. The molecule has 0 aliphatic rings. The molecule has 0 saturated heterocycles. The van der Waals surface area contributed by atoms with Crippen LogP contribution in [0.5, 0.6) is 0 Å². The molecule has 0 aliphatic carbocycles. The van der Waals surface area contributed by atoms with Gasteiger partial charge in [0.1, 0.15) is 0 Å². The Hall–Kier alpha value is -1.33. The lowest BCUT2D eigenvalue weighted by molar-refractivity contribution is 0.607. The normalized spacial score (nSPS) is 11.4. The molecule has 0 unspecified atom stereocenters. The van der Waals surface area contributed by atoms with E-state index < -0.39 is 10.0 Å². The third-order valence-electron chi connectivity index (χ3n) is 2.26. The maximum absolute atomic E-state index is 11.3. The van der Waals surface area contributed by atoms with E-state index in [2.05, 4.69) is 4.72 Å². The fourth-order valence-electron chi connectivity index (χ4n) is 1.58. The lowest BCUT2D eigenvalue weighted by atomic mass is 10.1. The fourth-order valence-corrected chi connectivity index (χ4v) is 2.92. The highest BCUT2D eigenvalue weighted by Crippen LogP contribution is 2.32. The summed E-state index contributed by atoms with van der Waals surface area (Å²) >= 11 is 1.59. The van der Waals surface area contributed by atoms with Crippen molar-refractivity contribution in [2.75, 3.05) is 11.0 Å². The molecule has 1 aromatic heterocycles. The Balaban J connectivity index is 2.53. The van der Waals surface area contributed by atoms with Crippen LogP contribution in [0.25, 0.3) is 10.4 Å². The van der Waals surface area contributed by atoms with E-state index in [1.165, 1.54) is 0 Å². The van der Waals surface area contributed by atoms with Gasteiger partial charge in [0.25, 0.3) is 0 Å². The fraction of sp³-hybridized carbons (Fsp3) is 0.167. The van der Waals surface area contributed by atoms with Crippen molar-refractivity contribution in [3.8, 4) is 10.4 Å². The van der Waals surface area contributed by atoms with Crippen molar-refractivity contribution in [2.24, 2.45) is 0 Å². The molecule has 0 bridgehead atoms. The number of rotatable bonds is 3. The standard InChI is InChI=1S/C12H13NO2S2/c1-9-5-6-11(13-17(2,14)15)10(8-9)12-4-3-7-16-12/h3-8,13H,1-2H3. The van der Waals surface area contributed by atoms with Crippen LogP contribution in [0, 0.1) is 6.92 Å². The van der Waals surface area contributed by atoms with E-state index in [1.54, 1.807) is 17.4 Å². The Morgan fingerprint density at radius 2 is 2.00 bits per heavy atom. The predicted molar refractivity (Wildman–Crippen MR) is 73.0 cm³/mol. The molecule has 3 nitrogen and oxygen atoms in total. The highest BCUT2D eigenvalue weighted by Gasteiger charge is 2.10. The average Bonchev–Trinajstić information content (AvgIpc) is 2.71. The molecule has 0 saturated carbocycles. The first-order valence-corrected chi connectivity index (χ1v) is 7.85. The third kappa shape index (κ3) is 3.08. The van der Waals surface area contributed by atoms with E-state index in [1.807, 2.05) is 36.6 Å². The van der Waals surface area contributed by atoms with Crippen LogP contribution in [0.15, 0.2) is 35.7 Å². The minimum atomic E-state index is -3.25. The molecular weight excluding hydrogens is 254 g/mol. The van der Waals surface area contributed by atoms with Gasteiger partial charge in [0, 0.05) is 10.4 Å². The molecule has 17 heavy (non-hydrogen) atoms. The zero-order chi connectivity index (χ0) is 12.5. The third-order valence-corrected chi connectivity index (χ3v) is 3.75. The van der Waals surface area contributed by atoms with Gasteiger partial charge in [-0.2, -0.15) is 0 Å². The molecule has 1 N–H and O–H groups in total. The molecule has 0 fully saturated rings. The predicted octanol–water partition coefficient (Wildman–Crippen LogP) is 3.10. The van der Waals surface area contributed by atoms with Crippen molar-refractivity contribution in [3.05, 3.63) is 41.3 Å². The van der Waals surface area contributed by atoms with Crippen molar-refractivity contribution in [1.29, 1.82) is 0 Å². The summed E-state index contributed by atoms with van der Waals surface area (Å²) in [5, 5.41) is 1.97. The quantitative estimate of drug-likeness (QED) is 0.929. The van der Waals surface area contributed by atoms with Crippen molar-refractivity contribution in [2.45, 2.75) is 6.92 Å². The molecule has 1 heterocycles. The molecule has 2 aromatic rings. The minimum absolute atomic E-state index is 0.626. The largest absolute Gasteiger partial charge is 0.283 e. The molecule has 1 aromatic carbocycles. The summed E-state index contributed by atoms with van der Waals surface area (Å²) in [6.45, 7) is 1.99. The van der Waals surface area contributed by atoms with Crippen LogP contribution < -0.4 is 4.72 Å². The number of nitrogens with one attached hydrogen (secondary N) is 1. The Morgan fingerprint density at radius 3 is 2.59 bits per heavy atom. The first-order chi connectivity index (χ1) is 7.96. The summed E-state index contributed by atoms with van der Waals surface area (Å²) < 4.78 is 25.1. The number of sulfonamides is 1. The van der Waals surface area contributed by atoms with Gasteiger partial charge in [0.15, 0.2) is 0 Å². The topological polar surface area (TPSA) is 46.2 Å². The minimum Gasteiger partial charge on any atom is -0.283 e. The molecule has 0 spiro atoms. The zero-order valence-electron chi connectivity index (χ0n) is 9.60. The number of hydrogen-bond donors (Lipinski definition) is 1. The Kier molecular flexibility index (Phi) is 3.22. The summed E-state index contributed by atoms with van der Waals surface area (Å²) in [7, 11) is -3.25. The first-order valence-electron chi connectivity index (χ1n) is 5.08. The SMILES string of the molecule is Cc1ccc(NS(C)(=O)=O)c(-c2cccs2)c1. The number of hydrogen-bond acceptors (Lipinski definition) is 3. The highest BCUT2D eigenvalue weighted by atomic mass is 32.2. The lowest BCUT2D eigenvalue weighted by Gasteiger charge is -2.10. The average molecular weight is 267 g/mol. The van der Waals surface area contributed by atoms with Crippen LogP contribution >= 0.6 is 11.3 Å². The summed E-state index contributed by atoms with van der Waals surface area (Å²) in [6, 6.07) is 9.61. The summed E-state index contributed by atoms with van der Waals surface area (Å²) in [6.07, 6.45) is 1.16. The molecule has 0 amide bonds. The molecule has 0 aliphatic heterocycles. The number of anilines is 1. The van der Waals surface area contributed by atoms with Gasteiger partial charge >= 0.3 is 0 Å². The van der Waals surface area contributed by atoms with E-state index in [9.17, 15) is 8.42 Å². The van der Waals surface area contributed by atoms with Crippen molar-refractivity contribution in [1.82, 2.24) is 0 Å². The Morgan fingerprint density at radius 1 is 1.24 bits per heavy atom. The number of benzene rings is 1. The van der Waals surface area contributed by atoms with Gasteiger partial charge in [-0.15, -0.1) is 11.3 Å². The van der Waals surface area contributed by atoms with Gasteiger partial charge in [-0.1, -0.05) is 17.7 Å². The van der Waals surface area contributed by atoms with Gasteiger partial charge in [0.05, 0.1) is 11.9 Å². The number of thiophene rings is 1. The van der Waals surface area contributed by atoms with Crippen LogP contribution in [0.4, 0.5) is 5.69 Å². The monoisotopic (exact) mass is 267 g/mol. The zero-order valence-corrected chi connectivity index (χ0v) is 11.2. The van der Waals surface area contributed by atoms with E-state index in [0.29, 0.717) is 5.69 Å². The molecule has 0 atom stereocenters. The van der Waals surface area contributed by atoms with Crippen LogP contribution in [0.2, 0.25) is 0 Å². The molecule has 0 radical (unpaired) electrons. The second-order valence-corrected chi connectivity index (χ2v) is 6.60. The highest BCUT2D eigenvalue weighted by molar-refractivity contribution is 7.92. The Labute approximate surface area is 105 Å². The van der Waals surface area contributed by atoms with E-state index in [4.69, 9.17) is 0 Å². The van der Waals surface area contributed by atoms with E-state index in [-0.39, 0.29) is 0 Å². The van der Waals surface area contributed by atoms with E-state index >= 15 is 0 Å². The van der Waals surface area contributed by atoms with Crippen LogP contribution in [0.3, 0.4) is 0 Å². The summed E-state index contributed by atoms with van der Waals surface area (Å²) in [4.78, 5) is 1.06. The maximum Gasteiger partial charge on any atom is 0.229 e. The van der Waals surface area contributed by atoms with Crippen LogP contribution in [-0.4, -0.2) is 14.7 Å². The van der Waals surface area contributed by atoms with Crippen LogP contribution in [0.1, 0.15) is 5.56 Å². The Bertz CT molecular complexity index is 616. The molecule has 2 rings (SSSR count). The van der Waals surface area contributed by atoms with Gasteiger partial charge in [0.2, 0.25) is 10.0 Å². The smallest absolute Gasteiger partial charge is 0.229 e. The summed E-state index contributed by atoms with van der Waals surface area (Å²) in [5.41, 5.74) is 2.65. The second-order valence-electron chi connectivity index (χ2n) is 3.90. The van der Waals surface area contributed by atoms with E-state index in [0.717, 1.165) is 22.3 Å². The first kappa shape index (κ1) is 12.1. The second kappa shape index (κ2) is 4.50.